The summed E-state index contributed by atoms with van der Waals surface area (Å²) < 4.78 is 13.2. The van der Waals surface area contributed by atoms with Crippen molar-refractivity contribution in [2.45, 2.75) is 39.1 Å². The van der Waals surface area contributed by atoms with Crippen LogP contribution in [0.15, 0.2) is 20.0 Å². The Balaban J connectivity index is 2.18. The van der Waals surface area contributed by atoms with Gasteiger partial charge in [-0.3, -0.25) is 0 Å². The Hall–Kier alpha value is -1.93. The Morgan fingerprint density at radius 2 is 1.43 bits per heavy atom. The summed E-state index contributed by atoms with van der Waals surface area (Å²) >= 11 is 0. The molecule has 8 nitrogen and oxygen atoms in total. The summed E-state index contributed by atoms with van der Waals surface area (Å²) in [4.78, 5) is 37.0. The molecule has 2 unspecified atom stereocenters. The molecule has 0 bridgehead atoms. The van der Waals surface area contributed by atoms with Gasteiger partial charge >= 0.3 is 17.1 Å². The van der Waals surface area contributed by atoms with Gasteiger partial charge in [0.1, 0.15) is 0 Å². The molecule has 3 rings (SSSR count). The van der Waals surface area contributed by atoms with Crippen molar-refractivity contribution in [3.8, 4) is 0 Å². The third-order valence-corrected chi connectivity index (χ3v) is 3.30. The molecule has 2 fully saturated rings. The first-order valence-electron chi connectivity index (χ1n) is 6.82. The van der Waals surface area contributed by atoms with Crippen LogP contribution in [0.1, 0.15) is 13.8 Å². The van der Waals surface area contributed by atoms with E-state index in [0.29, 0.717) is 13.2 Å². The van der Waals surface area contributed by atoms with Gasteiger partial charge in [0.05, 0.1) is 38.5 Å². The number of aromatic nitrogens is 3. The van der Waals surface area contributed by atoms with Gasteiger partial charge < -0.3 is 9.47 Å². The highest BCUT2D eigenvalue weighted by Gasteiger charge is 2.29. The van der Waals surface area contributed by atoms with Gasteiger partial charge in [0, 0.05) is 6.20 Å². The van der Waals surface area contributed by atoms with Crippen LogP contribution in [0.25, 0.3) is 6.20 Å². The van der Waals surface area contributed by atoms with E-state index >= 15 is 0 Å². The van der Waals surface area contributed by atoms with E-state index in [4.69, 9.17) is 9.47 Å². The number of epoxide rings is 2. The molecule has 0 saturated carbocycles. The second kappa shape index (κ2) is 5.12. The Bertz CT molecular complexity index is 705. The molecule has 0 aromatic carbocycles. The fraction of sp³-hybridized carbons (Fsp3) is 0.615. The molecule has 0 N–H and O–H groups in total. The standard InChI is InChI=1S/C13H17N3O5/c1-8(2)3-14-11(17)15(4-9-6-20-9)13(19)16(12(14)18)5-10-7-21-10/h3,9-10H,4-7H2,1-2H3. The molecule has 1 aromatic heterocycles. The molecule has 2 atom stereocenters. The van der Waals surface area contributed by atoms with Gasteiger partial charge in [-0.1, -0.05) is 5.57 Å². The highest BCUT2D eigenvalue weighted by molar-refractivity contribution is 5.26. The van der Waals surface area contributed by atoms with Gasteiger partial charge in [-0.15, -0.1) is 0 Å². The number of ether oxygens (including phenoxy) is 2. The summed E-state index contributed by atoms with van der Waals surface area (Å²) in [6.07, 6.45) is 1.19. The Morgan fingerprint density at radius 3 is 1.76 bits per heavy atom. The second-order valence-electron chi connectivity index (χ2n) is 5.56. The molecule has 2 saturated heterocycles. The van der Waals surface area contributed by atoms with Crippen molar-refractivity contribution in [1.29, 1.82) is 0 Å². The topological polar surface area (TPSA) is 91.1 Å². The predicted octanol–water partition coefficient (Wildman–Crippen LogP) is -1.15. The van der Waals surface area contributed by atoms with E-state index < -0.39 is 17.1 Å². The summed E-state index contributed by atoms with van der Waals surface area (Å²) in [5, 5.41) is 0. The highest BCUT2D eigenvalue weighted by atomic mass is 16.6. The zero-order valence-electron chi connectivity index (χ0n) is 11.9. The van der Waals surface area contributed by atoms with Crippen molar-refractivity contribution >= 4 is 6.20 Å². The third kappa shape index (κ3) is 2.91. The summed E-state index contributed by atoms with van der Waals surface area (Å²) in [6.45, 7) is 4.94. The van der Waals surface area contributed by atoms with E-state index in [9.17, 15) is 14.4 Å². The van der Waals surface area contributed by atoms with Crippen LogP contribution in [0.5, 0.6) is 0 Å². The van der Waals surface area contributed by atoms with Crippen molar-refractivity contribution in [1.82, 2.24) is 13.7 Å². The highest BCUT2D eigenvalue weighted by Crippen LogP contribution is 2.10. The zero-order chi connectivity index (χ0) is 15.1. The molecule has 3 heterocycles. The molecule has 0 aliphatic carbocycles. The minimum absolute atomic E-state index is 0.126. The summed E-state index contributed by atoms with van der Waals surface area (Å²) in [5.41, 5.74) is -1.07. The number of hydrogen-bond donors (Lipinski definition) is 0. The Kier molecular flexibility index (Phi) is 3.42. The van der Waals surface area contributed by atoms with E-state index in [2.05, 4.69) is 0 Å². The quantitative estimate of drug-likeness (QED) is 0.640. The first-order chi connectivity index (χ1) is 9.97. The average molecular weight is 295 g/mol. The van der Waals surface area contributed by atoms with Gasteiger partial charge in [0.2, 0.25) is 0 Å². The summed E-state index contributed by atoms with van der Waals surface area (Å²) in [7, 11) is 0. The van der Waals surface area contributed by atoms with Crippen LogP contribution in [-0.2, 0) is 22.6 Å². The molecular weight excluding hydrogens is 278 g/mol. The molecule has 21 heavy (non-hydrogen) atoms. The normalized spacial score (nSPS) is 23.0. The van der Waals surface area contributed by atoms with Gasteiger partial charge in [0.25, 0.3) is 0 Å². The van der Waals surface area contributed by atoms with E-state index in [1.165, 1.54) is 6.20 Å². The number of allylic oxidation sites excluding steroid dienone is 1. The fourth-order valence-corrected chi connectivity index (χ4v) is 2.09. The molecule has 2 aliphatic heterocycles. The maximum absolute atomic E-state index is 12.4. The van der Waals surface area contributed by atoms with E-state index in [1.54, 1.807) is 13.8 Å². The van der Waals surface area contributed by atoms with Crippen LogP contribution < -0.4 is 17.1 Å². The van der Waals surface area contributed by atoms with Crippen LogP contribution in [0.3, 0.4) is 0 Å². The molecule has 8 heteroatoms. The monoisotopic (exact) mass is 295 g/mol. The summed E-state index contributed by atoms with van der Waals surface area (Å²) in [6, 6.07) is 0. The van der Waals surface area contributed by atoms with Crippen LogP contribution in [-0.4, -0.2) is 39.1 Å². The van der Waals surface area contributed by atoms with Gasteiger partial charge in [-0.05, 0) is 13.8 Å². The smallest absolute Gasteiger partial charge is 0.340 e. The van der Waals surface area contributed by atoms with Crippen LogP contribution in [0.4, 0.5) is 0 Å². The van der Waals surface area contributed by atoms with Crippen molar-refractivity contribution in [3.63, 3.8) is 0 Å². The van der Waals surface area contributed by atoms with E-state index in [-0.39, 0.29) is 25.3 Å². The van der Waals surface area contributed by atoms with Gasteiger partial charge in [-0.2, -0.15) is 0 Å². The predicted molar refractivity (Wildman–Crippen MR) is 74.3 cm³/mol. The lowest BCUT2D eigenvalue weighted by Crippen LogP contribution is -2.54. The average Bonchev–Trinajstić information content (AvgIpc) is 3.30. The molecule has 114 valence electrons. The van der Waals surface area contributed by atoms with Crippen molar-refractivity contribution in [2.75, 3.05) is 13.2 Å². The molecule has 0 amide bonds. The number of hydrogen-bond acceptors (Lipinski definition) is 5. The fourth-order valence-electron chi connectivity index (χ4n) is 2.09. The molecule has 2 aliphatic rings. The van der Waals surface area contributed by atoms with E-state index in [0.717, 1.165) is 19.3 Å². The number of nitrogens with zero attached hydrogens (tertiary/aromatic N) is 3. The molecule has 1 aromatic rings. The van der Waals surface area contributed by atoms with Crippen molar-refractivity contribution < 1.29 is 9.47 Å². The SMILES string of the molecule is CC(C)=Cn1c(=O)n(CC2CO2)c(=O)n(CC2CO2)c1=O. The summed E-state index contributed by atoms with van der Waals surface area (Å²) in [5.74, 6) is 0. The first kappa shape index (κ1) is 14.0. The van der Waals surface area contributed by atoms with Crippen molar-refractivity contribution in [3.05, 3.63) is 37.0 Å². The molecule has 0 spiro atoms. The second-order valence-corrected chi connectivity index (χ2v) is 5.56. The lowest BCUT2D eigenvalue weighted by atomic mass is 10.4. The third-order valence-electron chi connectivity index (χ3n) is 3.30. The lowest BCUT2D eigenvalue weighted by Gasteiger charge is -2.10. The van der Waals surface area contributed by atoms with Crippen LogP contribution in [0.2, 0.25) is 0 Å². The largest absolute Gasteiger partial charge is 0.371 e. The maximum atomic E-state index is 12.4. The Labute approximate surface area is 119 Å². The molecule has 0 radical (unpaired) electrons. The first-order valence-corrected chi connectivity index (χ1v) is 6.82. The molecular formula is C13H17N3O5. The lowest BCUT2D eigenvalue weighted by molar-refractivity contribution is 0.349. The van der Waals surface area contributed by atoms with Crippen LogP contribution >= 0.6 is 0 Å². The number of rotatable bonds is 5. The van der Waals surface area contributed by atoms with E-state index in [1.807, 2.05) is 0 Å². The van der Waals surface area contributed by atoms with Crippen LogP contribution in [0, 0.1) is 0 Å². The van der Waals surface area contributed by atoms with Gasteiger partial charge in [-0.25, -0.2) is 28.1 Å². The zero-order valence-corrected chi connectivity index (χ0v) is 11.9. The minimum atomic E-state index is -0.630. The van der Waals surface area contributed by atoms with Gasteiger partial charge in [0.15, 0.2) is 0 Å². The maximum Gasteiger partial charge on any atom is 0.340 e. The Morgan fingerprint density at radius 1 is 1.00 bits per heavy atom. The van der Waals surface area contributed by atoms with Crippen molar-refractivity contribution in [2.24, 2.45) is 0 Å². The minimum Gasteiger partial charge on any atom is -0.371 e.